The molecule has 1 fully saturated rings. The molecular weight excluding hydrogens is 342 g/mol. The summed E-state index contributed by atoms with van der Waals surface area (Å²) in [6.45, 7) is 12.1. The third kappa shape index (κ3) is 5.96. The van der Waals surface area contributed by atoms with Gasteiger partial charge in [-0.05, 0) is 36.5 Å². The fourth-order valence-electron chi connectivity index (χ4n) is 4.00. The molecule has 0 heterocycles. The second kappa shape index (κ2) is 10.7. The molecule has 0 amide bonds. The zero-order valence-corrected chi connectivity index (χ0v) is 17.9. The van der Waals surface area contributed by atoms with Crippen molar-refractivity contribution in [2.45, 2.75) is 73.6 Å². The minimum absolute atomic E-state index is 0.169. The van der Waals surface area contributed by atoms with Crippen molar-refractivity contribution in [3.8, 4) is 6.07 Å². The first-order chi connectivity index (χ1) is 12.7. The van der Waals surface area contributed by atoms with E-state index in [0.29, 0.717) is 0 Å². The highest BCUT2D eigenvalue weighted by Gasteiger charge is 2.58. The van der Waals surface area contributed by atoms with Gasteiger partial charge in [-0.1, -0.05) is 60.8 Å². The van der Waals surface area contributed by atoms with E-state index >= 15 is 0 Å². The van der Waals surface area contributed by atoms with Crippen molar-refractivity contribution in [1.82, 2.24) is 0 Å². The standard InChI is InChI=1S/C22H37NO4/c1-15(2)12-26-20(24)19(17(5)6)22(14-23,18-10-8-7-9-11-18)21(25)27-13-16(3)4/h15-19H,7-13H2,1-6H3. The Bertz CT molecular complexity index is 529. The Labute approximate surface area is 164 Å². The van der Waals surface area contributed by atoms with Crippen LogP contribution in [-0.2, 0) is 19.1 Å². The first-order valence-corrected chi connectivity index (χ1v) is 10.4. The molecule has 0 saturated heterocycles. The van der Waals surface area contributed by atoms with Gasteiger partial charge in [0.2, 0.25) is 0 Å². The molecular formula is C22H37NO4. The molecule has 1 rings (SSSR count). The van der Waals surface area contributed by atoms with E-state index in [-0.39, 0.29) is 36.9 Å². The molecule has 1 aliphatic rings. The summed E-state index contributed by atoms with van der Waals surface area (Å²) in [5.74, 6) is -1.82. The van der Waals surface area contributed by atoms with Gasteiger partial charge < -0.3 is 9.47 Å². The summed E-state index contributed by atoms with van der Waals surface area (Å²) < 4.78 is 11.1. The summed E-state index contributed by atoms with van der Waals surface area (Å²) in [5.41, 5.74) is -1.47. The lowest BCUT2D eigenvalue weighted by atomic mass is 9.60. The van der Waals surface area contributed by atoms with E-state index in [0.717, 1.165) is 32.1 Å². The number of hydrogen-bond acceptors (Lipinski definition) is 5. The summed E-state index contributed by atoms with van der Waals surface area (Å²) in [6.07, 6.45) is 4.58. The van der Waals surface area contributed by atoms with Crippen molar-refractivity contribution in [2.24, 2.45) is 35.0 Å². The van der Waals surface area contributed by atoms with E-state index in [1.807, 2.05) is 41.5 Å². The Morgan fingerprint density at radius 3 is 1.93 bits per heavy atom. The number of ether oxygens (including phenoxy) is 2. The zero-order chi connectivity index (χ0) is 20.6. The fraction of sp³-hybridized carbons (Fsp3) is 0.864. The lowest BCUT2D eigenvalue weighted by molar-refractivity contribution is -0.174. The smallest absolute Gasteiger partial charge is 0.327 e. The summed E-state index contributed by atoms with van der Waals surface area (Å²) in [4.78, 5) is 26.2. The van der Waals surface area contributed by atoms with Crippen LogP contribution >= 0.6 is 0 Å². The van der Waals surface area contributed by atoms with Crippen LogP contribution in [0.2, 0.25) is 0 Å². The summed E-state index contributed by atoms with van der Waals surface area (Å²) in [5, 5.41) is 10.3. The third-order valence-electron chi connectivity index (χ3n) is 5.29. The van der Waals surface area contributed by atoms with Gasteiger partial charge in [0.05, 0.1) is 25.2 Å². The van der Waals surface area contributed by atoms with Crippen LogP contribution in [0.5, 0.6) is 0 Å². The second-order valence-electron chi connectivity index (χ2n) is 9.05. The maximum atomic E-state index is 13.2. The van der Waals surface area contributed by atoms with Crippen molar-refractivity contribution >= 4 is 11.9 Å². The van der Waals surface area contributed by atoms with Crippen molar-refractivity contribution in [1.29, 1.82) is 5.26 Å². The summed E-state index contributed by atoms with van der Waals surface area (Å²) >= 11 is 0. The van der Waals surface area contributed by atoms with Crippen LogP contribution in [-0.4, -0.2) is 25.2 Å². The normalized spacial score (nSPS) is 18.8. The molecule has 0 aromatic rings. The highest BCUT2D eigenvalue weighted by molar-refractivity contribution is 5.88. The minimum atomic E-state index is -1.47. The van der Waals surface area contributed by atoms with E-state index in [4.69, 9.17) is 9.47 Å². The van der Waals surface area contributed by atoms with Crippen molar-refractivity contribution in [3.05, 3.63) is 0 Å². The first-order valence-electron chi connectivity index (χ1n) is 10.4. The fourth-order valence-corrected chi connectivity index (χ4v) is 4.00. The van der Waals surface area contributed by atoms with Crippen LogP contribution in [0.15, 0.2) is 0 Å². The molecule has 0 bridgehead atoms. The van der Waals surface area contributed by atoms with E-state index < -0.39 is 23.3 Å². The number of carbonyl (C=O) groups is 2. The summed E-state index contributed by atoms with van der Waals surface area (Å²) in [7, 11) is 0. The average Bonchev–Trinajstić information content (AvgIpc) is 2.62. The number of nitriles is 1. The molecule has 5 heteroatoms. The molecule has 0 aromatic heterocycles. The van der Waals surface area contributed by atoms with Crippen molar-refractivity contribution in [2.75, 3.05) is 13.2 Å². The van der Waals surface area contributed by atoms with Gasteiger partial charge >= 0.3 is 11.9 Å². The molecule has 2 unspecified atom stereocenters. The quantitative estimate of drug-likeness (QED) is 0.540. The molecule has 154 valence electrons. The SMILES string of the molecule is CC(C)COC(=O)C(C(C)C)C(C#N)(C(=O)OCC(C)C)C1CCCCC1. The van der Waals surface area contributed by atoms with Crippen LogP contribution in [0.3, 0.4) is 0 Å². The van der Waals surface area contributed by atoms with Crippen LogP contribution in [0.25, 0.3) is 0 Å². The molecule has 0 aromatic carbocycles. The van der Waals surface area contributed by atoms with Gasteiger partial charge in [0.1, 0.15) is 0 Å². The molecule has 5 nitrogen and oxygen atoms in total. The van der Waals surface area contributed by atoms with Gasteiger partial charge in [-0.2, -0.15) is 5.26 Å². The third-order valence-corrected chi connectivity index (χ3v) is 5.29. The van der Waals surface area contributed by atoms with Gasteiger partial charge in [0.25, 0.3) is 0 Å². The predicted molar refractivity (Wildman–Crippen MR) is 105 cm³/mol. The van der Waals surface area contributed by atoms with E-state index in [2.05, 4.69) is 6.07 Å². The Kier molecular flexibility index (Phi) is 9.29. The van der Waals surface area contributed by atoms with Crippen LogP contribution in [0.4, 0.5) is 0 Å². The number of nitrogens with zero attached hydrogens (tertiary/aromatic N) is 1. The zero-order valence-electron chi connectivity index (χ0n) is 17.9. The lowest BCUT2D eigenvalue weighted by Crippen LogP contribution is -2.51. The Morgan fingerprint density at radius 1 is 0.963 bits per heavy atom. The Balaban J connectivity index is 3.30. The number of carbonyl (C=O) groups excluding carboxylic acids is 2. The number of esters is 2. The molecule has 0 radical (unpaired) electrons. The largest absolute Gasteiger partial charge is 0.465 e. The van der Waals surface area contributed by atoms with Crippen LogP contribution in [0, 0.1) is 46.3 Å². The van der Waals surface area contributed by atoms with E-state index in [1.54, 1.807) is 0 Å². The average molecular weight is 380 g/mol. The van der Waals surface area contributed by atoms with Crippen LogP contribution < -0.4 is 0 Å². The summed E-state index contributed by atoms with van der Waals surface area (Å²) in [6, 6.07) is 2.28. The van der Waals surface area contributed by atoms with Gasteiger partial charge in [-0.3, -0.25) is 9.59 Å². The Hall–Kier alpha value is -1.57. The van der Waals surface area contributed by atoms with Gasteiger partial charge in [0.15, 0.2) is 5.41 Å². The first kappa shape index (κ1) is 23.5. The molecule has 1 aliphatic carbocycles. The van der Waals surface area contributed by atoms with Gasteiger partial charge in [-0.15, -0.1) is 0 Å². The van der Waals surface area contributed by atoms with Crippen molar-refractivity contribution in [3.63, 3.8) is 0 Å². The minimum Gasteiger partial charge on any atom is -0.465 e. The van der Waals surface area contributed by atoms with Crippen molar-refractivity contribution < 1.29 is 19.1 Å². The molecule has 1 saturated carbocycles. The monoisotopic (exact) mass is 379 g/mol. The molecule has 0 aliphatic heterocycles. The number of rotatable bonds is 9. The maximum Gasteiger partial charge on any atom is 0.327 e. The molecule has 2 atom stereocenters. The van der Waals surface area contributed by atoms with Gasteiger partial charge in [0, 0.05) is 0 Å². The molecule has 0 N–H and O–H groups in total. The molecule has 0 spiro atoms. The molecule has 27 heavy (non-hydrogen) atoms. The number of hydrogen-bond donors (Lipinski definition) is 0. The van der Waals surface area contributed by atoms with E-state index in [9.17, 15) is 14.9 Å². The highest BCUT2D eigenvalue weighted by atomic mass is 16.5. The Morgan fingerprint density at radius 2 is 1.48 bits per heavy atom. The highest BCUT2D eigenvalue weighted by Crippen LogP contribution is 2.47. The second-order valence-corrected chi connectivity index (χ2v) is 9.05. The predicted octanol–water partition coefficient (Wildman–Crippen LogP) is 4.75. The topological polar surface area (TPSA) is 76.4 Å². The van der Waals surface area contributed by atoms with Crippen LogP contribution in [0.1, 0.15) is 73.6 Å². The van der Waals surface area contributed by atoms with E-state index in [1.165, 1.54) is 0 Å². The maximum absolute atomic E-state index is 13.2. The lowest BCUT2D eigenvalue weighted by Gasteiger charge is -2.41. The van der Waals surface area contributed by atoms with Gasteiger partial charge in [-0.25, -0.2) is 0 Å².